The summed E-state index contributed by atoms with van der Waals surface area (Å²) in [6.07, 6.45) is 0.618. The van der Waals surface area contributed by atoms with Crippen LogP contribution in [0.4, 0.5) is 5.00 Å². The summed E-state index contributed by atoms with van der Waals surface area (Å²) in [7, 11) is 1.65. The van der Waals surface area contributed by atoms with Gasteiger partial charge in [0.05, 0.1) is 17.0 Å². The highest BCUT2D eigenvalue weighted by Crippen LogP contribution is 2.32. The lowest BCUT2D eigenvalue weighted by Crippen LogP contribution is -1.91. The minimum Gasteiger partial charge on any atom is -0.497 e. The van der Waals surface area contributed by atoms with E-state index in [0.717, 1.165) is 26.8 Å². The minimum atomic E-state index is 0.526. The summed E-state index contributed by atoms with van der Waals surface area (Å²) in [6, 6.07) is 9.72. The Morgan fingerprint density at radius 3 is 2.67 bits per heavy atom. The topological polar surface area (TPSA) is 74.2 Å². The molecule has 2 aromatic heterocycles. The molecule has 0 bridgehead atoms. The third-order valence-corrected chi connectivity index (χ3v) is 4.17. The number of rotatable bonds is 4. The molecule has 21 heavy (non-hydrogen) atoms. The summed E-state index contributed by atoms with van der Waals surface area (Å²) in [4.78, 5) is 5.37. The van der Waals surface area contributed by atoms with Crippen LogP contribution in [0.2, 0.25) is 0 Å². The lowest BCUT2D eigenvalue weighted by molar-refractivity contribution is 0.414. The van der Waals surface area contributed by atoms with Crippen LogP contribution in [-0.2, 0) is 6.42 Å². The fourth-order valence-corrected chi connectivity index (χ4v) is 2.92. The van der Waals surface area contributed by atoms with Crippen molar-refractivity contribution in [2.24, 2.45) is 0 Å². The summed E-state index contributed by atoms with van der Waals surface area (Å²) < 4.78 is 10.5. The monoisotopic (exact) mass is 301 g/mol. The zero-order chi connectivity index (χ0) is 14.8. The zero-order valence-electron chi connectivity index (χ0n) is 11.8. The van der Waals surface area contributed by atoms with Gasteiger partial charge in [0.2, 0.25) is 0 Å². The number of ether oxygens (including phenoxy) is 1. The maximum absolute atomic E-state index is 5.79. The van der Waals surface area contributed by atoms with Crippen LogP contribution in [-0.4, -0.2) is 17.3 Å². The number of thiophene rings is 1. The van der Waals surface area contributed by atoms with Crippen molar-refractivity contribution in [3.8, 4) is 16.5 Å². The predicted molar refractivity (Wildman–Crippen MR) is 82.6 cm³/mol. The molecule has 3 aromatic rings. The Morgan fingerprint density at radius 1 is 1.29 bits per heavy atom. The van der Waals surface area contributed by atoms with Crippen molar-refractivity contribution >= 4 is 16.3 Å². The average molecular weight is 301 g/mol. The number of aryl methyl sites for hydroxylation is 1. The van der Waals surface area contributed by atoms with E-state index >= 15 is 0 Å². The summed E-state index contributed by atoms with van der Waals surface area (Å²) in [5.74, 6) is 2.01. The molecule has 0 aliphatic heterocycles. The van der Waals surface area contributed by atoms with E-state index in [1.54, 1.807) is 7.11 Å². The Kier molecular flexibility index (Phi) is 3.62. The number of aromatic nitrogens is 2. The number of nitrogens with zero attached hydrogens (tertiary/aromatic N) is 2. The average Bonchev–Trinajstić information content (AvgIpc) is 3.06. The van der Waals surface area contributed by atoms with Gasteiger partial charge in [-0.15, -0.1) is 11.3 Å². The van der Waals surface area contributed by atoms with Gasteiger partial charge in [-0.25, -0.2) is 0 Å². The number of hydrogen-bond donors (Lipinski definition) is 1. The first kappa shape index (κ1) is 13.6. The molecule has 2 N–H and O–H groups in total. The van der Waals surface area contributed by atoms with Crippen molar-refractivity contribution in [3.05, 3.63) is 47.3 Å². The smallest absolute Gasteiger partial charge is 0.268 e. The van der Waals surface area contributed by atoms with Crippen LogP contribution in [0.5, 0.6) is 5.75 Å². The van der Waals surface area contributed by atoms with Gasteiger partial charge in [-0.2, -0.15) is 4.98 Å². The third-order valence-electron chi connectivity index (χ3n) is 3.12. The molecular weight excluding hydrogens is 286 g/mol. The van der Waals surface area contributed by atoms with Crippen LogP contribution in [0, 0.1) is 6.92 Å². The van der Waals surface area contributed by atoms with Crippen molar-refractivity contribution in [1.29, 1.82) is 0 Å². The number of nitrogen functional groups attached to an aromatic ring is 1. The Bertz CT molecular complexity index is 747. The van der Waals surface area contributed by atoms with Crippen LogP contribution < -0.4 is 10.5 Å². The van der Waals surface area contributed by atoms with E-state index in [1.165, 1.54) is 11.3 Å². The highest BCUT2D eigenvalue weighted by atomic mass is 32.1. The van der Waals surface area contributed by atoms with Crippen LogP contribution in [0.25, 0.3) is 10.8 Å². The van der Waals surface area contributed by atoms with Crippen LogP contribution >= 0.6 is 11.3 Å². The van der Waals surface area contributed by atoms with Gasteiger partial charge in [-0.05, 0) is 36.2 Å². The van der Waals surface area contributed by atoms with E-state index in [1.807, 2.05) is 37.3 Å². The molecule has 1 aromatic carbocycles. The lowest BCUT2D eigenvalue weighted by atomic mass is 10.1. The Balaban J connectivity index is 1.80. The van der Waals surface area contributed by atoms with Crippen molar-refractivity contribution in [1.82, 2.24) is 10.1 Å². The van der Waals surface area contributed by atoms with Crippen molar-refractivity contribution < 1.29 is 9.26 Å². The van der Waals surface area contributed by atoms with E-state index < -0.39 is 0 Å². The molecule has 0 amide bonds. The molecule has 0 atom stereocenters. The molecule has 0 radical (unpaired) electrons. The second-order valence-corrected chi connectivity index (χ2v) is 5.79. The van der Waals surface area contributed by atoms with Crippen LogP contribution in [0.1, 0.15) is 17.0 Å². The zero-order valence-corrected chi connectivity index (χ0v) is 12.6. The first-order valence-corrected chi connectivity index (χ1v) is 7.29. The van der Waals surface area contributed by atoms with Gasteiger partial charge in [0.15, 0.2) is 5.82 Å². The molecule has 0 saturated carbocycles. The summed E-state index contributed by atoms with van der Waals surface area (Å²) in [5, 5.41) is 4.78. The Morgan fingerprint density at radius 2 is 2.05 bits per heavy atom. The molecule has 0 spiro atoms. The molecule has 0 aliphatic carbocycles. The largest absolute Gasteiger partial charge is 0.497 e. The van der Waals surface area contributed by atoms with E-state index in [2.05, 4.69) is 10.1 Å². The summed E-state index contributed by atoms with van der Waals surface area (Å²) >= 11 is 1.46. The van der Waals surface area contributed by atoms with Crippen molar-refractivity contribution in [2.75, 3.05) is 12.8 Å². The maximum Gasteiger partial charge on any atom is 0.268 e. The van der Waals surface area contributed by atoms with Gasteiger partial charge in [0.1, 0.15) is 5.75 Å². The molecule has 5 nitrogen and oxygen atoms in total. The van der Waals surface area contributed by atoms with Crippen molar-refractivity contribution in [2.45, 2.75) is 13.3 Å². The standard InChI is InChI=1S/C15H15N3O2S/c1-9-7-12(16)21-14(9)15-17-13(18-20-15)8-10-3-5-11(19-2)6-4-10/h3-7H,8,16H2,1-2H3. The third kappa shape index (κ3) is 2.90. The second kappa shape index (κ2) is 5.57. The molecule has 108 valence electrons. The van der Waals surface area contributed by atoms with Crippen LogP contribution in [0.15, 0.2) is 34.9 Å². The molecule has 0 saturated heterocycles. The molecule has 0 aliphatic rings. The molecule has 0 unspecified atom stereocenters. The predicted octanol–water partition coefficient (Wildman–Crippen LogP) is 3.29. The molecule has 2 heterocycles. The summed E-state index contributed by atoms with van der Waals surface area (Å²) in [6.45, 7) is 1.98. The number of methoxy groups -OCH3 is 1. The fraction of sp³-hybridized carbons (Fsp3) is 0.200. The fourth-order valence-electron chi connectivity index (χ4n) is 2.06. The van der Waals surface area contributed by atoms with E-state index in [-0.39, 0.29) is 0 Å². The van der Waals surface area contributed by atoms with E-state index in [4.69, 9.17) is 15.0 Å². The molecule has 6 heteroatoms. The maximum atomic E-state index is 5.79. The summed E-state index contributed by atoms with van der Waals surface area (Å²) in [5.41, 5.74) is 7.95. The normalized spacial score (nSPS) is 10.8. The highest BCUT2D eigenvalue weighted by Gasteiger charge is 2.14. The SMILES string of the molecule is COc1ccc(Cc2noc(-c3sc(N)cc3C)n2)cc1. The van der Waals surface area contributed by atoms with Crippen LogP contribution in [0.3, 0.4) is 0 Å². The van der Waals surface area contributed by atoms with Gasteiger partial charge < -0.3 is 15.0 Å². The highest BCUT2D eigenvalue weighted by molar-refractivity contribution is 7.19. The quantitative estimate of drug-likeness (QED) is 0.800. The molecular formula is C15H15N3O2S. The van der Waals surface area contributed by atoms with Gasteiger partial charge in [-0.3, -0.25) is 0 Å². The number of benzene rings is 1. The second-order valence-electron chi connectivity index (χ2n) is 4.70. The molecule has 3 rings (SSSR count). The Hall–Kier alpha value is -2.34. The van der Waals surface area contributed by atoms with E-state index in [0.29, 0.717) is 18.1 Å². The Labute approximate surface area is 126 Å². The van der Waals surface area contributed by atoms with Crippen molar-refractivity contribution in [3.63, 3.8) is 0 Å². The van der Waals surface area contributed by atoms with E-state index in [9.17, 15) is 0 Å². The van der Waals surface area contributed by atoms with Gasteiger partial charge in [0, 0.05) is 6.42 Å². The number of nitrogens with two attached hydrogens (primary N) is 1. The number of hydrogen-bond acceptors (Lipinski definition) is 6. The number of anilines is 1. The van der Waals surface area contributed by atoms with Gasteiger partial charge in [-0.1, -0.05) is 17.3 Å². The first-order chi connectivity index (χ1) is 10.2. The minimum absolute atomic E-state index is 0.526. The first-order valence-electron chi connectivity index (χ1n) is 6.47. The van der Waals surface area contributed by atoms with Gasteiger partial charge >= 0.3 is 0 Å². The van der Waals surface area contributed by atoms with Gasteiger partial charge in [0.25, 0.3) is 5.89 Å². The molecule has 0 fully saturated rings. The lowest BCUT2D eigenvalue weighted by Gasteiger charge is -2.00.